The second-order valence-corrected chi connectivity index (χ2v) is 7.21. The van der Waals surface area contributed by atoms with Crippen molar-refractivity contribution in [1.82, 2.24) is 15.0 Å². The molecule has 1 amide bonds. The molecule has 26 heavy (non-hydrogen) atoms. The molecule has 0 aliphatic carbocycles. The van der Waals surface area contributed by atoms with Gasteiger partial charge in [-0.1, -0.05) is 49.3 Å². The van der Waals surface area contributed by atoms with Crippen LogP contribution in [0.3, 0.4) is 0 Å². The summed E-state index contributed by atoms with van der Waals surface area (Å²) in [4.78, 5) is 18.5. The van der Waals surface area contributed by atoms with E-state index in [-0.39, 0.29) is 12.1 Å². The van der Waals surface area contributed by atoms with Crippen LogP contribution < -0.4 is 0 Å². The Hall–Kier alpha value is -2.37. The number of benzene rings is 1. The van der Waals surface area contributed by atoms with E-state index in [4.69, 9.17) is 9.26 Å². The fourth-order valence-electron chi connectivity index (χ4n) is 3.16. The number of ether oxygens (including phenoxy) is 1. The van der Waals surface area contributed by atoms with E-state index in [1.165, 1.54) is 5.56 Å². The van der Waals surface area contributed by atoms with Crippen LogP contribution >= 0.6 is 0 Å². The molecule has 1 aliphatic heterocycles. The Balaban J connectivity index is 1.53. The molecule has 1 aromatic carbocycles. The minimum Gasteiger partial charge on any atom is -0.449 e. The van der Waals surface area contributed by atoms with E-state index in [2.05, 4.69) is 34.4 Å². The van der Waals surface area contributed by atoms with Gasteiger partial charge in [-0.05, 0) is 37.2 Å². The molecular formula is C20H27N3O3. The number of amides is 1. The van der Waals surface area contributed by atoms with Gasteiger partial charge in [-0.3, -0.25) is 4.90 Å². The van der Waals surface area contributed by atoms with Crippen molar-refractivity contribution in [2.75, 3.05) is 13.2 Å². The van der Waals surface area contributed by atoms with E-state index in [1.807, 2.05) is 19.9 Å². The molecule has 1 fully saturated rings. The molecule has 140 valence electrons. The van der Waals surface area contributed by atoms with Gasteiger partial charge in [0.15, 0.2) is 5.82 Å². The molecule has 2 aromatic rings. The lowest BCUT2D eigenvalue weighted by atomic mass is 10.1. The van der Waals surface area contributed by atoms with Crippen LogP contribution in [0.25, 0.3) is 0 Å². The van der Waals surface area contributed by atoms with Crippen molar-refractivity contribution in [1.29, 1.82) is 0 Å². The molecule has 2 heterocycles. The summed E-state index contributed by atoms with van der Waals surface area (Å²) in [6.07, 6.45) is 4.19. The highest BCUT2D eigenvalue weighted by molar-refractivity contribution is 5.68. The minimum atomic E-state index is -0.287. The molecule has 1 aromatic heterocycles. The Labute approximate surface area is 154 Å². The molecule has 6 nitrogen and oxygen atoms in total. The van der Waals surface area contributed by atoms with Crippen molar-refractivity contribution >= 4 is 6.09 Å². The van der Waals surface area contributed by atoms with Gasteiger partial charge >= 0.3 is 6.09 Å². The normalized spacial score (nSPS) is 17.0. The van der Waals surface area contributed by atoms with Gasteiger partial charge in [0.05, 0.1) is 6.61 Å². The first-order chi connectivity index (χ1) is 12.6. The Kier molecular flexibility index (Phi) is 6.26. The fraction of sp³-hybridized carbons (Fsp3) is 0.550. The summed E-state index contributed by atoms with van der Waals surface area (Å²) in [5, 5.41) is 4.10. The number of aryl methyl sites for hydroxylation is 2. The van der Waals surface area contributed by atoms with Crippen molar-refractivity contribution in [3.8, 4) is 0 Å². The summed E-state index contributed by atoms with van der Waals surface area (Å²) in [6, 6.07) is 10.2. The molecule has 0 saturated carbocycles. The Morgan fingerprint density at radius 1 is 1.31 bits per heavy atom. The Morgan fingerprint density at radius 3 is 2.88 bits per heavy atom. The lowest BCUT2D eigenvalue weighted by molar-refractivity contribution is 0.0830. The molecule has 0 bridgehead atoms. The van der Waals surface area contributed by atoms with Crippen molar-refractivity contribution < 1.29 is 14.1 Å². The molecule has 1 atom stereocenters. The first-order valence-electron chi connectivity index (χ1n) is 9.43. The number of rotatable bonds is 7. The average Bonchev–Trinajstić information content (AvgIpc) is 3.29. The third-order valence-electron chi connectivity index (χ3n) is 4.50. The summed E-state index contributed by atoms with van der Waals surface area (Å²) in [5.74, 6) is 1.55. The zero-order valence-corrected chi connectivity index (χ0v) is 15.6. The molecule has 0 unspecified atom stereocenters. The van der Waals surface area contributed by atoms with Crippen molar-refractivity contribution in [3.63, 3.8) is 0 Å². The summed E-state index contributed by atoms with van der Waals surface area (Å²) in [6.45, 7) is 5.15. The minimum absolute atomic E-state index is 0.162. The summed E-state index contributed by atoms with van der Waals surface area (Å²) >= 11 is 0. The van der Waals surface area contributed by atoms with Crippen LogP contribution in [-0.4, -0.2) is 34.3 Å². The molecule has 6 heteroatoms. The molecule has 0 spiro atoms. The predicted molar refractivity (Wildman–Crippen MR) is 97.6 cm³/mol. The van der Waals surface area contributed by atoms with Crippen LogP contribution in [0.2, 0.25) is 0 Å². The predicted octanol–water partition coefficient (Wildman–Crippen LogP) is 4.17. The zero-order chi connectivity index (χ0) is 18.4. The van der Waals surface area contributed by atoms with Gasteiger partial charge in [-0.25, -0.2) is 4.79 Å². The van der Waals surface area contributed by atoms with Crippen molar-refractivity contribution in [3.05, 3.63) is 47.6 Å². The smallest absolute Gasteiger partial charge is 0.410 e. The number of hydrogen-bond donors (Lipinski definition) is 0. The van der Waals surface area contributed by atoms with Crippen LogP contribution in [0.1, 0.15) is 56.4 Å². The summed E-state index contributed by atoms with van der Waals surface area (Å²) in [5.41, 5.74) is 1.31. The van der Waals surface area contributed by atoms with E-state index < -0.39 is 0 Å². The van der Waals surface area contributed by atoms with Crippen LogP contribution in [0, 0.1) is 5.92 Å². The number of likely N-dealkylation sites (tertiary alicyclic amines) is 1. The van der Waals surface area contributed by atoms with Gasteiger partial charge in [-0.15, -0.1) is 0 Å². The molecule has 1 saturated heterocycles. The third kappa shape index (κ3) is 4.84. The SMILES string of the molecule is CC(C)COC(=O)N1CCC[C@H]1c1nc(CCCc2ccccc2)no1. The maximum atomic E-state index is 12.3. The molecular weight excluding hydrogens is 330 g/mol. The molecule has 3 rings (SSSR count). The number of hydrogen-bond acceptors (Lipinski definition) is 5. The van der Waals surface area contributed by atoms with E-state index in [1.54, 1.807) is 4.90 Å². The number of nitrogens with zero attached hydrogens (tertiary/aromatic N) is 3. The van der Waals surface area contributed by atoms with Gasteiger partial charge in [0.2, 0.25) is 5.89 Å². The zero-order valence-electron chi connectivity index (χ0n) is 15.6. The monoisotopic (exact) mass is 357 g/mol. The molecule has 0 N–H and O–H groups in total. The summed E-state index contributed by atoms with van der Waals surface area (Å²) in [7, 11) is 0. The quantitative estimate of drug-likeness (QED) is 0.744. The van der Waals surface area contributed by atoms with E-state index in [0.29, 0.717) is 30.8 Å². The number of carbonyl (C=O) groups is 1. The lowest BCUT2D eigenvalue weighted by Crippen LogP contribution is -2.32. The number of carbonyl (C=O) groups excluding carboxylic acids is 1. The highest BCUT2D eigenvalue weighted by atomic mass is 16.6. The van der Waals surface area contributed by atoms with Gasteiger partial charge in [0.25, 0.3) is 0 Å². The van der Waals surface area contributed by atoms with Crippen LogP contribution in [-0.2, 0) is 17.6 Å². The maximum absolute atomic E-state index is 12.3. The highest BCUT2D eigenvalue weighted by Gasteiger charge is 2.35. The number of aromatic nitrogens is 2. The topological polar surface area (TPSA) is 68.5 Å². The van der Waals surface area contributed by atoms with Crippen LogP contribution in [0.4, 0.5) is 4.79 Å². The lowest BCUT2D eigenvalue weighted by Gasteiger charge is -2.21. The average molecular weight is 357 g/mol. The highest BCUT2D eigenvalue weighted by Crippen LogP contribution is 2.31. The Morgan fingerprint density at radius 2 is 2.12 bits per heavy atom. The third-order valence-corrected chi connectivity index (χ3v) is 4.50. The first-order valence-corrected chi connectivity index (χ1v) is 9.43. The molecule has 0 radical (unpaired) electrons. The van der Waals surface area contributed by atoms with Gasteiger partial charge < -0.3 is 9.26 Å². The summed E-state index contributed by atoms with van der Waals surface area (Å²) < 4.78 is 10.8. The maximum Gasteiger partial charge on any atom is 0.410 e. The van der Waals surface area contributed by atoms with Crippen LogP contribution in [0.15, 0.2) is 34.9 Å². The Bertz CT molecular complexity index is 699. The van der Waals surface area contributed by atoms with E-state index in [9.17, 15) is 4.79 Å². The second kappa shape index (κ2) is 8.83. The van der Waals surface area contributed by atoms with Gasteiger partial charge in [0.1, 0.15) is 6.04 Å². The van der Waals surface area contributed by atoms with Crippen LogP contribution in [0.5, 0.6) is 0 Å². The van der Waals surface area contributed by atoms with Gasteiger partial charge in [-0.2, -0.15) is 4.98 Å². The second-order valence-electron chi connectivity index (χ2n) is 7.21. The molecule has 1 aliphatic rings. The fourth-order valence-corrected chi connectivity index (χ4v) is 3.16. The van der Waals surface area contributed by atoms with E-state index in [0.717, 1.165) is 32.1 Å². The standard InChI is InChI=1S/C20H27N3O3/c1-15(2)14-25-20(24)23-13-7-11-17(23)19-21-18(22-26-19)12-6-10-16-8-4-3-5-9-16/h3-5,8-9,15,17H,6-7,10-14H2,1-2H3/t17-/m0/s1. The van der Waals surface area contributed by atoms with Gasteiger partial charge in [0, 0.05) is 13.0 Å². The van der Waals surface area contributed by atoms with E-state index >= 15 is 0 Å². The largest absolute Gasteiger partial charge is 0.449 e. The van der Waals surface area contributed by atoms with Crippen molar-refractivity contribution in [2.45, 2.75) is 52.0 Å². The van der Waals surface area contributed by atoms with Crippen molar-refractivity contribution in [2.24, 2.45) is 5.92 Å². The first kappa shape index (κ1) is 18.4.